The molecule has 0 bridgehead atoms. The Morgan fingerprint density at radius 2 is 2.00 bits per heavy atom. The molecule has 8 nitrogen and oxygen atoms in total. The Morgan fingerprint density at radius 1 is 1.19 bits per heavy atom. The molecule has 3 heterocycles. The number of aromatic nitrogens is 4. The van der Waals surface area contributed by atoms with Gasteiger partial charge in [-0.05, 0) is 32.2 Å². The van der Waals surface area contributed by atoms with Crippen LogP contribution in [0.1, 0.15) is 11.6 Å². The largest absolute Gasteiger partial charge is 0.495 e. The first-order valence-electron chi connectivity index (χ1n) is 9.05. The van der Waals surface area contributed by atoms with Crippen LogP contribution in [-0.4, -0.2) is 69.8 Å². The minimum atomic E-state index is 0.575. The summed E-state index contributed by atoms with van der Waals surface area (Å²) >= 11 is 0. The molecule has 0 N–H and O–H groups in total. The summed E-state index contributed by atoms with van der Waals surface area (Å²) in [4.78, 5) is 13.5. The number of methoxy groups -OCH3 is 1. The number of imidazole rings is 1. The van der Waals surface area contributed by atoms with Crippen molar-refractivity contribution in [3.63, 3.8) is 0 Å². The van der Waals surface area contributed by atoms with Gasteiger partial charge in [0.15, 0.2) is 0 Å². The van der Waals surface area contributed by atoms with Crippen LogP contribution >= 0.6 is 0 Å². The molecule has 0 aliphatic carbocycles. The van der Waals surface area contributed by atoms with Crippen LogP contribution in [0, 0.1) is 6.92 Å². The molecule has 0 saturated carbocycles. The van der Waals surface area contributed by atoms with E-state index in [1.54, 1.807) is 13.4 Å². The van der Waals surface area contributed by atoms with Gasteiger partial charge in [-0.2, -0.15) is 4.98 Å². The van der Waals surface area contributed by atoms with E-state index in [-0.39, 0.29) is 0 Å². The second kappa shape index (κ2) is 7.50. The Hall–Kier alpha value is -2.71. The van der Waals surface area contributed by atoms with Crippen LogP contribution in [0.4, 0.5) is 0 Å². The summed E-state index contributed by atoms with van der Waals surface area (Å²) < 4.78 is 13.0. The van der Waals surface area contributed by atoms with Gasteiger partial charge in [-0.25, -0.2) is 4.98 Å². The van der Waals surface area contributed by atoms with Crippen molar-refractivity contribution in [3.05, 3.63) is 42.3 Å². The van der Waals surface area contributed by atoms with Crippen LogP contribution in [0.2, 0.25) is 0 Å². The molecule has 1 aliphatic heterocycles. The molecule has 0 spiro atoms. The maximum atomic E-state index is 5.56. The van der Waals surface area contributed by atoms with E-state index < -0.39 is 0 Å². The third-order valence-electron chi connectivity index (χ3n) is 4.85. The lowest BCUT2D eigenvalue weighted by Gasteiger charge is -2.31. The topological polar surface area (TPSA) is 72.5 Å². The average molecular weight is 368 g/mol. The first-order valence-corrected chi connectivity index (χ1v) is 9.05. The highest BCUT2D eigenvalue weighted by molar-refractivity contribution is 5.62. The molecular formula is C19H24N6O2. The smallest absolute Gasteiger partial charge is 0.241 e. The van der Waals surface area contributed by atoms with Crippen molar-refractivity contribution in [1.82, 2.24) is 29.5 Å². The monoisotopic (exact) mass is 368 g/mol. The predicted molar refractivity (Wildman–Crippen MR) is 101 cm³/mol. The molecule has 1 aromatic carbocycles. The molecule has 27 heavy (non-hydrogen) atoms. The summed E-state index contributed by atoms with van der Waals surface area (Å²) in [5, 5.41) is 4.15. The van der Waals surface area contributed by atoms with Gasteiger partial charge in [-0.3, -0.25) is 4.90 Å². The van der Waals surface area contributed by atoms with E-state index in [0.717, 1.165) is 48.9 Å². The molecule has 1 saturated heterocycles. The first-order chi connectivity index (χ1) is 13.1. The van der Waals surface area contributed by atoms with Crippen LogP contribution in [0.3, 0.4) is 0 Å². The molecule has 1 aliphatic rings. The number of benzene rings is 1. The lowest BCUT2D eigenvalue weighted by Crippen LogP contribution is -2.43. The fraction of sp³-hybridized carbons (Fsp3) is 0.421. The Labute approximate surface area is 158 Å². The molecule has 3 aromatic rings. The molecule has 8 heteroatoms. The van der Waals surface area contributed by atoms with Crippen LogP contribution in [-0.2, 0) is 6.54 Å². The molecule has 1 fully saturated rings. The molecule has 142 valence electrons. The van der Waals surface area contributed by atoms with Crippen molar-refractivity contribution < 1.29 is 9.26 Å². The normalized spacial score (nSPS) is 16.0. The van der Waals surface area contributed by atoms with Gasteiger partial charge in [-0.15, -0.1) is 0 Å². The zero-order valence-corrected chi connectivity index (χ0v) is 15.9. The molecule has 0 unspecified atom stereocenters. The highest BCUT2D eigenvalue weighted by atomic mass is 16.5. The van der Waals surface area contributed by atoms with Crippen LogP contribution < -0.4 is 4.74 Å². The number of aryl methyl sites for hydroxylation is 1. The maximum Gasteiger partial charge on any atom is 0.241 e. The van der Waals surface area contributed by atoms with Gasteiger partial charge in [-0.1, -0.05) is 5.16 Å². The number of ether oxygens (including phenoxy) is 1. The van der Waals surface area contributed by atoms with E-state index >= 15 is 0 Å². The Bertz CT molecular complexity index is 911. The van der Waals surface area contributed by atoms with Crippen LogP contribution in [0.5, 0.6) is 5.75 Å². The van der Waals surface area contributed by atoms with Crippen molar-refractivity contribution in [1.29, 1.82) is 0 Å². The number of nitrogens with zero attached hydrogens (tertiary/aromatic N) is 6. The van der Waals surface area contributed by atoms with Gasteiger partial charge in [0.25, 0.3) is 0 Å². The molecule has 0 radical (unpaired) electrons. The quantitative estimate of drug-likeness (QED) is 0.682. The second-order valence-electron chi connectivity index (χ2n) is 6.90. The van der Waals surface area contributed by atoms with Gasteiger partial charge in [0.2, 0.25) is 11.7 Å². The zero-order chi connectivity index (χ0) is 18.8. The van der Waals surface area contributed by atoms with Crippen molar-refractivity contribution in [2.45, 2.75) is 13.5 Å². The van der Waals surface area contributed by atoms with E-state index in [1.165, 1.54) is 0 Å². The Balaban J connectivity index is 1.53. The van der Waals surface area contributed by atoms with E-state index in [0.29, 0.717) is 18.3 Å². The molecular weight excluding hydrogens is 344 g/mol. The highest BCUT2D eigenvalue weighted by Crippen LogP contribution is 2.28. The van der Waals surface area contributed by atoms with Crippen molar-refractivity contribution in [2.75, 3.05) is 40.3 Å². The minimum absolute atomic E-state index is 0.575. The molecule has 0 amide bonds. The van der Waals surface area contributed by atoms with Gasteiger partial charge >= 0.3 is 0 Å². The lowest BCUT2D eigenvalue weighted by atomic mass is 10.1. The number of hydrogen-bond donors (Lipinski definition) is 0. The summed E-state index contributed by atoms with van der Waals surface area (Å²) in [6, 6.07) is 5.87. The Morgan fingerprint density at radius 3 is 2.70 bits per heavy atom. The second-order valence-corrected chi connectivity index (χ2v) is 6.90. The Kier molecular flexibility index (Phi) is 4.91. The molecule has 4 rings (SSSR count). The van der Waals surface area contributed by atoms with E-state index in [2.05, 4.69) is 32.0 Å². The fourth-order valence-corrected chi connectivity index (χ4v) is 3.22. The minimum Gasteiger partial charge on any atom is -0.495 e. The highest BCUT2D eigenvalue weighted by Gasteiger charge is 2.18. The summed E-state index contributed by atoms with van der Waals surface area (Å²) in [6.07, 6.45) is 3.73. The van der Waals surface area contributed by atoms with Crippen molar-refractivity contribution in [2.24, 2.45) is 0 Å². The van der Waals surface area contributed by atoms with Gasteiger partial charge in [0.1, 0.15) is 5.75 Å². The van der Waals surface area contributed by atoms with Crippen molar-refractivity contribution >= 4 is 0 Å². The first kappa shape index (κ1) is 17.7. The third-order valence-corrected chi connectivity index (χ3v) is 4.85. The van der Waals surface area contributed by atoms with Crippen LogP contribution in [0.25, 0.3) is 17.1 Å². The van der Waals surface area contributed by atoms with Gasteiger partial charge in [0.05, 0.1) is 31.4 Å². The summed E-state index contributed by atoms with van der Waals surface area (Å²) in [7, 11) is 3.80. The van der Waals surface area contributed by atoms with Crippen LogP contribution in [0.15, 0.2) is 35.2 Å². The standard InChI is InChI=1S/C19H24N6O2/c1-14-11-25(13-20-14)16-5-4-15(10-17(16)26-3)19-21-18(27-22-19)12-24-8-6-23(2)7-9-24/h4-5,10-11,13H,6-9,12H2,1-3H3. The number of hydrogen-bond acceptors (Lipinski definition) is 7. The predicted octanol–water partition coefficient (Wildman–Crippen LogP) is 1.99. The molecule has 0 atom stereocenters. The van der Waals surface area contributed by atoms with E-state index in [9.17, 15) is 0 Å². The zero-order valence-electron chi connectivity index (χ0n) is 15.9. The summed E-state index contributed by atoms with van der Waals surface area (Å²) in [5.74, 6) is 1.95. The fourth-order valence-electron chi connectivity index (χ4n) is 3.22. The number of likely N-dealkylation sites (N-methyl/N-ethyl adjacent to an activating group) is 1. The van der Waals surface area contributed by atoms with E-state index in [1.807, 2.05) is 35.9 Å². The summed E-state index contributed by atoms with van der Waals surface area (Å²) in [5.41, 5.74) is 2.73. The van der Waals surface area contributed by atoms with Crippen molar-refractivity contribution in [3.8, 4) is 22.8 Å². The third kappa shape index (κ3) is 3.86. The number of rotatable bonds is 5. The average Bonchev–Trinajstić information content (AvgIpc) is 3.32. The lowest BCUT2D eigenvalue weighted by molar-refractivity contribution is 0.135. The maximum absolute atomic E-state index is 5.56. The summed E-state index contributed by atoms with van der Waals surface area (Å²) in [6.45, 7) is 6.80. The van der Waals surface area contributed by atoms with E-state index in [4.69, 9.17) is 9.26 Å². The number of piperazine rings is 1. The SMILES string of the molecule is COc1cc(-c2noc(CN3CCN(C)CC3)n2)ccc1-n1cnc(C)c1. The van der Waals surface area contributed by atoms with Gasteiger partial charge in [0, 0.05) is 37.9 Å². The van der Waals surface area contributed by atoms with Gasteiger partial charge < -0.3 is 18.7 Å². The molecule has 2 aromatic heterocycles.